The second kappa shape index (κ2) is 6.84. The Morgan fingerprint density at radius 1 is 1.00 bits per heavy atom. The summed E-state index contributed by atoms with van der Waals surface area (Å²) in [6, 6.07) is 7.62. The first-order valence-electron chi connectivity index (χ1n) is 6.99. The van der Waals surface area contributed by atoms with Crippen molar-refractivity contribution in [3.63, 3.8) is 0 Å². The van der Waals surface area contributed by atoms with Gasteiger partial charge in [0.2, 0.25) is 0 Å². The molecular weight excluding hydrogens is 364 g/mol. The van der Waals surface area contributed by atoms with E-state index in [1.165, 1.54) is 5.56 Å². The van der Waals surface area contributed by atoms with Crippen LogP contribution in [0.5, 0.6) is 5.75 Å². The SMILES string of the molecule is Cc1cc(C)c(C(=O)COc2c(C)cc(Br)cc2Cl)cc1C. The first-order chi connectivity index (χ1) is 10.3. The Morgan fingerprint density at radius 2 is 1.64 bits per heavy atom. The van der Waals surface area contributed by atoms with E-state index in [4.69, 9.17) is 16.3 Å². The lowest BCUT2D eigenvalue weighted by Gasteiger charge is -2.13. The van der Waals surface area contributed by atoms with Crippen LogP contribution in [0.25, 0.3) is 0 Å². The first kappa shape index (κ1) is 17.0. The third-order valence-electron chi connectivity index (χ3n) is 3.68. The molecule has 2 rings (SSSR count). The summed E-state index contributed by atoms with van der Waals surface area (Å²) in [5.74, 6) is 0.513. The molecule has 0 saturated heterocycles. The minimum absolute atomic E-state index is 0.0223. The van der Waals surface area contributed by atoms with Crippen LogP contribution in [0, 0.1) is 27.7 Å². The molecule has 0 heterocycles. The van der Waals surface area contributed by atoms with E-state index in [0.717, 1.165) is 21.2 Å². The van der Waals surface area contributed by atoms with Crippen LogP contribution in [0.4, 0.5) is 0 Å². The lowest BCUT2D eigenvalue weighted by atomic mass is 9.98. The van der Waals surface area contributed by atoms with Crippen molar-refractivity contribution in [3.8, 4) is 5.75 Å². The molecule has 0 aliphatic carbocycles. The number of aryl methyl sites for hydroxylation is 4. The van der Waals surface area contributed by atoms with Crippen molar-refractivity contribution in [2.75, 3.05) is 6.61 Å². The maximum absolute atomic E-state index is 12.4. The molecule has 0 radical (unpaired) electrons. The average Bonchev–Trinajstić information content (AvgIpc) is 2.41. The molecule has 0 spiro atoms. The van der Waals surface area contributed by atoms with Crippen LogP contribution in [0.3, 0.4) is 0 Å². The van der Waals surface area contributed by atoms with Crippen molar-refractivity contribution < 1.29 is 9.53 Å². The summed E-state index contributed by atoms with van der Waals surface area (Å²) >= 11 is 9.56. The quantitative estimate of drug-likeness (QED) is 0.645. The van der Waals surface area contributed by atoms with Crippen molar-refractivity contribution >= 4 is 33.3 Å². The Balaban J connectivity index is 2.19. The van der Waals surface area contributed by atoms with Crippen LogP contribution in [-0.4, -0.2) is 12.4 Å². The maximum Gasteiger partial charge on any atom is 0.200 e. The Hall–Kier alpha value is -1.32. The van der Waals surface area contributed by atoms with E-state index >= 15 is 0 Å². The average molecular weight is 382 g/mol. The van der Waals surface area contributed by atoms with Gasteiger partial charge in [0.05, 0.1) is 5.02 Å². The highest BCUT2D eigenvalue weighted by molar-refractivity contribution is 9.10. The number of benzene rings is 2. The molecule has 0 bridgehead atoms. The predicted molar refractivity (Wildman–Crippen MR) is 94.4 cm³/mol. The fourth-order valence-electron chi connectivity index (χ4n) is 2.35. The van der Waals surface area contributed by atoms with Crippen LogP contribution in [0.2, 0.25) is 5.02 Å². The number of carbonyl (C=O) groups is 1. The van der Waals surface area contributed by atoms with Crippen molar-refractivity contribution in [3.05, 3.63) is 61.6 Å². The fraction of sp³-hybridized carbons (Fsp3) is 0.278. The summed E-state index contributed by atoms with van der Waals surface area (Å²) in [4.78, 5) is 12.4. The number of rotatable bonds is 4. The van der Waals surface area contributed by atoms with Crippen molar-refractivity contribution in [1.82, 2.24) is 0 Å². The largest absolute Gasteiger partial charge is 0.484 e. The van der Waals surface area contributed by atoms with Crippen LogP contribution in [0.15, 0.2) is 28.7 Å². The van der Waals surface area contributed by atoms with Gasteiger partial charge in [-0.2, -0.15) is 0 Å². The summed E-state index contributed by atoms with van der Waals surface area (Å²) in [5.41, 5.74) is 4.85. The van der Waals surface area contributed by atoms with E-state index in [-0.39, 0.29) is 12.4 Å². The molecule has 0 N–H and O–H groups in total. The second-order valence-corrected chi connectivity index (χ2v) is 6.82. The van der Waals surface area contributed by atoms with Crippen molar-refractivity contribution in [1.29, 1.82) is 0 Å². The van der Waals surface area contributed by atoms with E-state index in [1.54, 1.807) is 6.07 Å². The standard InChI is InChI=1S/C18H18BrClO2/c1-10-5-12(3)15(7-11(10)2)17(21)9-22-18-13(4)6-14(19)8-16(18)20/h5-8H,9H2,1-4H3. The molecule has 22 heavy (non-hydrogen) atoms. The molecule has 2 aromatic carbocycles. The van der Waals surface area contributed by atoms with Crippen LogP contribution in [0.1, 0.15) is 32.6 Å². The fourth-order valence-corrected chi connectivity index (χ4v) is 3.37. The van der Waals surface area contributed by atoms with E-state index in [0.29, 0.717) is 16.3 Å². The number of Topliss-reactive ketones (excluding diaryl/α,β-unsaturated/α-hetero) is 1. The lowest BCUT2D eigenvalue weighted by molar-refractivity contribution is 0.0920. The van der Waals surface area contributed by atoms with Crippen molar-refractivity contribution in [2.45, 2.75) is 27.7 Å². The molecule has 0 aromatic heterocycles. The van der Waals surface area contributed by atoms with E-state index in [9.17, 15) is 4.79 Å². The Morgan fingerprint density at radius 3 is 2.27 bits per heavy atom. The molecule has 0 fully saturated rings. The number of ether oxygens (including phenoxy) is 1. The van der Waals surface area contributed by atoms with E-state index < -0.39 is 0 Å². The molecule has 4 heteroatoms. The Labute approximate surface area is 144 Å². The minimum atomic E-state index is -0.0426. The highest BCUT2D eigenvalue weighted by atomic mass is 79.9. The predicted octanol–water partition coefficient (Wildman–Crippen LogP) is 5.60. The molecule has 2 nitrogen and oxygen atoms in total. The monoisotopic (exact) mass is 380 g/mol. The molecular formula is C18H18BrClO2. The molecule has 2 aromatic rings. The van der Waals surface area contributed by atoms with Gasteiger partial charge in [-0.1, -0.05) is 33.6 Å². The molecule has 0 amide bonds. The summed E-state index contributed by atoms with van der Waals surface area (Å²) in [6.07, 6.45) is 0. The molecule has 116 valence electrons. The van der Waals surface area contributed by atoms with Crippen LogP contribution in [-0.2, 0) is 0 Å². The van der Waals surface area contributed by atoms with Crippen molar-refractivity contribution in [2.24, 2.45) is 0 Å². The van der Waals surface area contributed by atoms with Gasteiger partial charge in [-0.3, -0.25) is 4.79 Å². The minimum Gasteiger partial charge on any atom is -0.484 e. The zero-order valence-corrected chi connectivity index (χ0v) is 15.4. The van der Waals surface area contributed by atoms with E-state index in [1.807, 2.05) is 45.9 Å². The molecule has 0 atom stereocenters. The van der Waals surface area contributed by atoms with Gasteiger partial charge in [0.25, 0.3) is 0 Å². The first-order valence-corrected chi connectivity index (χ1v) is 8.16. The third-order valence-corrected chi connectivity index (χ3v) is 4.42. The van der Waals surface area contributed by atoms with Crippen LogP contribution < -0.4 is 4.74 Å². The highest BCUT2D eigenvalue weighted by Gasteiger charge is 2.14. The van der Waals surface area contributed by atoms with E-state index in [2.05, 4.69) is 15.9 Å². The molecule has 0 aliphatic heterocycles. The number of hydrogen-bond donors (Lipinski definition) is 0. The maximum atomic E-state index is 12.4. The van der Waals surface area contributed by atoms with Gasteiger partial charge in [0.15, 0.2) is 12.4 Å². The highest BCUT2D eigenvalue weighted by Crippen LogP contribution is 2.32. The van der Waals surface area contributed by atoms with Gasteiger partial charge in [-0.15, -0.1) is 0 Å². The van der Waals surface area contributed by atoms with Gasteiger partial charge in [0, 0.05) is 10.0 Å². The van der Waals surface area contributed by atoms with Gasteiger partial charge in [-0.05, 0) is 68.1 Å². The lowest BCUT2D eigenvalue weighted by Crippen LogP contribution is -2.14. The second-order valence-electron chi connectivity index (χ2n) is 5.50. The topological polar surface area (TPSA) is 26.3 Å². The zero-order valence-electron chi connectivity index (χ0n) is 13.1. The smallest absolute Gasteiger partial charge is 0.200 e. The molecule has 0 unspecified atom stereocenters. The number of halogens is 2. The number of ketones is 1. The van der Waals surface area contributed by atoms with Gasteiger partial charge < -0.3 is 4.74 Å². The Kier molecular flexibility index (Phi) is 5.30. The van der Waals surface area contributed by atoms with Gasteiger partial charge in [-0.25, -0.2) is 0 Å². The van der Waals surface area contributed by atoms with Gasteiger partial charge >= 0.3 is 0 Å². The summed E-state index contributed by atoms with van der Waals surface area (Å²) in [5, 5.41) is 0.497. The third kappa shape index (κ3) is 3.71. The number of carbonyl (C=O) groups excluding carboxylic acids is 1. The normalized spacial score (nSPS) is 10.6. The Bertz CT molecular complexity index is 715. The van der Waals surface area contributed by atoms with Crippen LogP contribution >= 0.6 is 27.5 Å². The van der Waals surface area contributed by atoms with Gasteiger partial charge in [0.1, 0.15) is 5.75 Å². The molecule has 0 saturated carbocycles. The molecule has 0 aliphatic rings. The summed E-state index contributed by atoms with van der Waals surface area (Å²) < 4.78 is 6.55. The number of hydrogen-bond acceptors (Lipinski definition) is 2. The zero-order chi connectivity index (χ0) is 16.4. The summed E-state index contributed by atoms with van der Waals surface area (Å²) in [6.45, 7) is 7.86. The summed E-state index contributed by atoms with van der Waals surface area (Å²) in [7, 11) is 0.